The summed E-state index contributed by atoms with van der Waals surface area (Å²) in [5.41, 5.74) is 7.99. The largest absolute Gasteiger partial charge is 0.393 e. The van der Waals surface area contributed by atoms with Crippen LogP contribution in [0.3, 0.4) is 0 Å². The van der Waals surface area contributed by atoms with Gasteiger partial charge < -0.3 is 5.73 Å². The van der Waals surface area contributed by atoms with Crippen molar-refractivity contribution in [2.45, 2.75) is 29.4 Å². The van der Waals surface area contributed by atoms with Crippen LogP contribution in [0.5, 0.6) is 0 Å². The van der Waals surface area contributed by atoms with Crippen molar-refractivity contribution in [3.63, 3.8) is 0 Å². The second-order valence-electron chi connectivity index (χ2n) is 6.01. The van der Waals surface area contributed by atoms with Gasteiger partial charge in [0, 0.05) is 16.9 Å². The molecule has 3 unspecified atom stereocenters. The van der Waals surface area contributed by atoms with E-state index < -0.39 is 15.1 Å². The van der Waals surface area contributed by atoms with Crippen molar-refractivity contribution in [3.8, 4) is 0 Å². The van der Waals surface area contributed by atoms with Gasteiger partial charge in [-0.1, -0.05) is 55.0 Å². The lowest BCUT2D eigenvalue weighted by atomic mass is 10.1. The summed E-state index contributed by atoms with van der Waals surface area (Å²) in [7, 11) is -3.52. The van der Waals surface area contributed by atoms with E-state index in [1.807, 2.05) is 24.3 Å². The molecule has 3 nitrogen and oxygen atoms in total. The van der Waals surface area contributed by atoms with E-state index in [-0.39, 0.29) is 21.7 Å². The number of thiocarbonyl (C=S) groups is 1. The van der Waals surface area contributed by atoms with Crippen LogP contribution in [-0.2, 0) is 16.3 Å². The Balaban J connectivity index is 1.96. The van der Waals surface area contributed by atoms with Gasteiger partial charge in [-0.25, -0.2) is 8.42 Å². The minimum Gasteiger partial charge on any atom is -0.393 e. The minimum atomic E-state index is -3.52. The quantitative estimate of drug-likeness (QED) is 0.804. The summed E-state index contributed by atoms with van der Waals surface area (Å²) in [5, 5.41) is -0.106. The maximum absolute atomic E-state index is 13.0. The second-order valence-corrected chi connectivity index (χ2v) is 9.03. The topological polar surface area (TPSA) is 60.2 Å². The molecule has 6 heteroatoms. The van der Waals surface area contributed by atoms with Gasteiger partial charge in [0.2, 0.25) is 0 Å². The SMILES string of the molecule is CCc1ccc(C2C(C(N)=S)C2S(=O)(=O)c2ccc(Cl)cc2)cc1. The molecule has 1 saturated carbocycles. The van der Waals surface area contributed by atoms with Crippen LogP contribution in [0.25, 0.3) is 0 Å². The first-order valence-electron chi connectivity index (χ1n) is 7.74. The lowest BCUT2D eigenvalue weighted by Crippen LogP contribution is -2.17. The van der Waals surface area contributed by atoms with Gasteiger partial charge in [-0.3, -0.25) is 0 Å². The zero-order valence-corrected chi connectivity index (χ0v) is 15.5. The highest BCUT2D eigenvalue weighted by Gasteiger charge is 2.60. The summed E-state index contributed by atoms with van der Waals surface area (Å²) in [5.74, 6) is -0.512. The molecule has 2 aromatic carbocycles. The predicted molar refractivity (Wildman–Crippen MR) is 101 cm³/mol. The van der Waals surface area contributed by atoms with Crippen LogP contribution in [0.4, 0.5) is 0 Å². The molecule has 0 amide bonds. The average molecular weight is 380 g/mol. The number of benzene rings is 2. The molecule has 1 aliphatic carbocycles. The van der Waals surface area contributed by atoms with Gasteiger partial charge in [-0.15, -0.1) is 0 Å². The zero-order valence-electron chi connectivity index (χ0n) is 13.1. The summed E-state index contributed by atoms with van der Waals surface area (Å²) in [6.45, 7) is 2.08. The molecule has 0 heterocycles. The maximum atomic E-state index is 13.0. The smallest absolute Gasteiger partial charge is 0.182 e. The van der Waals surface area contributed by atoms with E-state index >= 15 is 0 Å². The van der Waals surface area contributed by atoms with Gasteiger partial charge in [0.25, 0.3) is 0 Å². The van der Waals surface area contributed by atoms with E-state index in [9.17, 15) is 8.42 Å². The van der Waals surface area contributed by atoms with Crippen LogP contribution < -0.4 is 5.73 Å². The molecule has 0 spiro atoms. The number of halogens is 1. The first-order valence-corrected chi connectivity index (χ1v) is 10.1. The average Bonchev–Trinajstić information content (AvgIpc) is 3.32. The summed E-state index contributed by atoms with van der Waals surface area (Å²) in [4.78, 5) is 0.507. The molecule has 1 fully saturated rings. The number of sulfone groups is 1. The van der Waals surface area contributed by atoms with E-state index in [0.29, 0.717) is 5.02 Å². The number of hydrogen-bond donors (Lipinski definition) is 1. The van der Waals surface area contributed by atoms with Crippen LogP contribution in [0.15, 0.2) is 53.4 Å². The Labute approximate surface area is 152 Å². The minimum absolute atomic E-state index is 0.186. The lowest BCUT2D eigenvalue weighted by Gasteiger charge is -2.05. The van der Waals surface area contributed by atoms with E-state index in [1.54, 1.807) is 12.1 Å². The fourth-order valence-electron chi connectivity index (χ4n) is 3.16. The number of rotatable bonds is 5. The summed E-state index contributed by atoms with van der Waals surface area (Å²) in [6.07, 6.45) is 0.941. The molecule has 126 valence electrons. The third kappa shape index (κ3) is 3.08. The van der Waals surface area contributed by atoms with E-state index in [2.05, 4.69) is 6.92 Å². The lowest BCUT2D eigenvalue weighted by molar-refractivity contribution is 0.593. The Kier molecular flexibility index (Phi) is 4.69. The maximum Gasteiger partial charge on any atom is 0.182 e. The van der Waals surface area contributed by atoms with Crippen molar-refractivity contribution in [3.05, 3.63) is 64.7 Å². The normalized spacial score (nSPS) is 23.0. The summed E-state index contributed by atoms with van der Waals surface area (Å²) in [6, 6.07) is 14.2. The Morgan fingerprint density at radius 1 is 1.12 bits per heavy atom. The highest BCUT2D eigenvalue weighted by atomic mass is 35.5. The molecule has 1 aliphatic rings. The number of hydrogen-bond acceptors (Lipinski definition) is 3. The first-order chi connectivity index (χ1) is 11.4. The van der Waals surface area contributed by atoms with Crippen molar-refractivity contribution in [2.24, 2.45) is 11.7 Å². The molecule has 0 bridgehead atoms. The van der Waals surface area contributed by atoms with Gasteiger partial charge in [0.1, 0.15) is 0 Å². The Hall–Kier alpha value is -1.43. The summed E-state index contributed by atoms with van der Waals surface area (Å²) >= 11 is 11.0. The van der Waals surface area contributed by atoms with Crippen molar-refractivity contribution in [1.82, 2.24) is 0 Å². The van der Waals surface area contributed by atoms with Crippen molar-refractivity contribution < 1.29 is 8.42 Å². The number of nitrogens with two attached hydrogens (primary N) is 1. The van der Waals surface area contributed by atoms with Crippen molar-refractivity contribution in [1.29, 1.82) is 0 Å². The van der Waals surface area contributed by atoms with Crippen LogP contribution in [0.2, 0.25) is 5.02 Å². The molecular formula is C18H18ClNO2S2. The predicted octanol–water partition coefficient (Wildman–Crippen LogP) is 3.74. The van der Waals surface area contributed by atoms with Crippen LogP contribution in [0.1, 0.15) is 24.0 Å². The van der Waals surface area contributed by atoms with Crippen molar-refractivity contribution >= 4 is 38.6 Å². The molecule has 0 saturated heterocycles. The number of aryl methyl sites for hydroxylation is 1. The Morgan fingerprint density at radius 2 is 1.71 bits per heavy atom. The van der Waals surface area contributed by atoms with Gasteiger partial charge in [-0.2, -0.15) is 0 Å². The highest BCUT2D eigenvalue weighted by Crippen LogP contribution is 2.54. The van der Waals surface area contributed by atoms with Gasteiger partial charge >= 0.3 is 0 Å². The van der Waals surface area contributed by atoms with Crippen LogP contribution in [-0.4, -0.2) is 18.7 Å². The molecular weight excluding hydrogens is 362 g/mol. The molecule has 2 aromatic rings. The molecule has 0 aromatic heterocycles. The molecule has 24 heavy (non-hydrogen) atoms. The molecule has 3 rings (SSSR count). The molecule has 0 radical (unpaired) electrons. The van der Waals surface area contributed by atoms with Gasteiger partial charge in [-0.05, 0) is 41.8 Å². The Morgan fingerprint density at radius 3 is 2.21 bits per heavy atom. The Bertz CT molecular complexity index is 861. The van der Waals surface area contributed by atoms with Crippen LogP contribution in [0, 0.1) is 5.92 Å². The standard InChI is InChI=1S/C18H18ClNO2S2/c1-2-11-3-5-12(6-4-11)15-16(18(20)23)17(15)24(21,22)14-9-7-13(19)8-10-14/h3-10,15-17H,2H2,1H3,(H2,20,23). The van der Waals surface area contributed by atoms with Crippen molar-refractivity contribution in [2.75, 3.05) is 0 Å². The van der Waals surface area contributed by atoms with E-state index in [0.717, 1.165) is 12.0 Å². The monoisotopic (exact) mass is 379 g/mol. The first kappa shape index (κ1) is 17.4. The molecule has 3 atom stereocenters. The third-order valence-corrected chi connectivity index (χ3v) is 7.31. The fraction of sp³-hybridized carbons (Fsp3) is 0.278. The van der Waals surface area contributed by atoms with Gasteiger partial charge in [0.15, 0.2) is 9.84 Å². The summed E-state index contributed by atoms with van der Waals surface area (Å²) < 4.78 is 25.9. The molecule has 2 N–H and O–H groups in total. The van der Waals surface area contributed by atoms with E-state index in [1.165, 1.54) is 17.7 Å². The molecule has 0 aliphatic heterocycles. The van der Waals surface area contributed by atoms with Gasteiger partial charge in [0.05, 0.1) is 15.1 Å². The third-order valence-electron chi connectivity index (χ3n) is 4.56. The zero-order chi connectivity index (χ0) is 17.5. The second kappa shape index (κ2) is 6.47. The van der Waals surface area contributed by atoms with Crippen LogP contribution >= 0.6 is 23.8 Å². The van der Waals surface area contributed by atoms with E-state index in [4.69, 9.17) is 29.6 Å². The highest BCUT2D eigenvalue weighted by molar-refractivity contribution is 7.92. The fourth-order valence-corrected chi connectivity index (χ4v) is 5.82.